The number of β-amino-alcohol motifs (C(OH)–C–C–N with tert-alkyl or cyclic N) is 1. The molecule has 1 aliphatic rings. The molecule has 0 radical (unpaired) electrons. The molecule has 4 rings (SSSR count). The average molecular weight is 374 g/mol. The highest BCUT2D eigenvalue weighted by atomic mass is 19.1. The Kier molecular flexibility index (Phi) is 4.32. The zero-order valence-corrected chi connectivity index (χ0v) is 15.0. The standard InChI is InChI=1S/C19H20F2N4O2/c1-9-10(2)27-19-17(9)18(22)23-16(24-19)8-25-7-12(26)6-15(25)13-5-11(20)3-4-14(13)21/h3-5,12,15,26H,6-8H2,1-2H3,(H2,22,23,24)/t12-,15+/m0/s1. The minimum atomic E-state index is -0.646. The SMILES string of the molecule is Cc1oc2nc(CN3C[C@@H](O)C[C@@H]3c3cc(F)ccc3F)nc(N)c2c1C. The molecule has 142 valence electrons. The summed E-state index contributed by atoms with van der Waals surface area (Å²) in [5.74, 6) is 0.423. The number of likely N-dealkylation sites (tertiary alicyclic amines) is 1. The van der Waals surface area contributed by atoms with Gasteiger partial charge in [-0.3, -0.25) is 4.90 Å². The lowest BCUT2D eigenvalue weighted by molar-refractivity contribution is 0.171. The van der Waals surface area contributed by atoms with Crippen molar-refractivity contribution in [2.24, 2.45) is 0 Å². The monoisotopic (exact) mass is 374 g/mol. The number of hydrogen-bond acceptors (Lipinski definition) is 6. The molecule has 1 fully saturated rings. The lowest BCUT2D eigenvalue weighted by atomic mass is 10.0. The van der Waals surface area contributed by atoms with Crippen molar-refractivity contribution in [2.45, 2.75) is 39.0 Å². The van der Waals surface area contributed by atoms with Crippen molar-refractivity contribution >= 4 is 16.9 Å². The lowest BCUT2D eigenvalue weighted by Crippen LogP contribution is -2.26. The molecule has 0 aliphatic carbocycles. The Morgan fingerprint density at radius 2 is 2.07 bits per heavy atom. The van der Waals surface area contributed by atoms with Crippen molar-refractivity contribution in [3.8, 4) is 0 Å². The van der Waals surface area contributed by atoms with Crippen LogP contribution in [-0.2, 0) is 6.54 Å². The average Bonchev–Trinajstić information content (AvgIpc) is 3.09. The van der Waals surface area contributed by atoms with Crippen LogP contribution in [0.15, 0.2) is 22.6 Å². The largest absolute Gasteiger partial charge is 0.443 e. The van der Waals surface area contributed by atoms with E-state index in [9.17, 15) is 13.9 Å². The number of nitrogens with two attached hydrogens (primary N) is 1. The Morgan fingerprint density at radius 3 is 2.85 bits per heavy atom. The smallest absolute Gasteiger partial charge is 0.231 e. The molecule has 2 aromatic heterocycles. The van der Waals surface area contributed by atoms with Gasteiger partial charge in [0.05, 0.1) is 18.0 Å². The van der Waals surface area contributed by atoms with E-state index in [1.165, 1.54) is 6.07 Å². The first kappa shape index (κ1) is 17.8. The maximum absolute atomic E-state index is 14.2. The third kappa shape index (κ3) is 3.15. The molecule has 0 saturated carbocycles. The van der Waals surface area contributed by atoms with Gasteiger partial charge in [0.2, 0.25) is 5.71 Å². The van der Waals surface area contributed by atoms with Crippen molar-refractivity contribution in [3.63, 3.8) is 0 Å². The summed E-state index contributed by atoms with van der Waals surface area (Å²) < 4.78 is 33.5. The van der Waals surface area contributed by atoms with E-state index < -0.39 is 23.8 Å². The van der Waals surface area contributed by atoms with Gasteiger partial charge in [0.15, 0.2) is 0 Å². The quantitative estimate of drug-likeness (QED) is 0.733. The summed E-state index contributed by atoms with van der Waals surface area (Å²) in [6.45, 7) is 4.25. The van der Waals surface area contributed by atoms with Crippen LogP contribution in [0.3, 0.4) is 0 Å². The number of nitrogen functional groups attached to an aromatic ring is 1. The maximum Gasteiger partial charge on any atom is 0.231 e. The van der Waals surface area contributed by atoms with Gasteiger partial charge in [-0.15, -0.1) is 0 Å². The number of aromatic nitrogens is 2. The number of hydrogen-bond donors (Lipinski definition) is 2. The fourth-order valence-electron chi connectivity index (χ4n) is 3.73. The second kappa shape index (κ2) is 6.54. The first-order valence-corrected chi connectivity index (χ1v) is 8.72. The zero-order chi connectivity index (χ0) is 19.3. The van der Waals surface area contributed by atoms with Crippen molar-refractivity contribution in [3.05, 3.63) is 52.5 Å². The highest BCUT2D eigenvalue weighted by Gasteiger charge is 2.34. The van der Waals surface area contributed by atoms with Crippen LogP contribution < -0.4 is 5.73 Å². The third-order valence-electron chi connectivity index (χ3n) is 5.15. The lowest BCUT2D eigenvalue weighted by Gasteiger charge is -2.24. The fraction of sp³-hybridized carbons (Fsp3) is 0.368. The van der Waals surface area contributed by atoms with Gasteiger partial charge >= 0.3 is 0 Å². The number of nitrogens with zero attached hydrogens (tertiary/aromatic N) is 3. The van der Waals surface area contributed by atoms with Crippen molar-refractivity contribution < 1.29 is 18.3 Å². The second-order valence-corrected chi connectivity index (χ2v) is 6.99. The number of anilines is 1. The van der Waals surface area contributed by atoms with E-state index >= 15 is 0 Å². The molecule has 2 atom stereocenters. The Morgan fingerprint density at radius 1 is 1.30 bits per heavy atom. The molecule has 0 bridgehead atoms. The van der Waals surface area contributed by atoms with Gasteiger partial charge in [-0.05, 0) is 38.5 Å². The second-order valence-electron chi connectivity index (χ2n) is 6.99. The summed E-state index contributed by atoms with van der Waals surface area (Å²) in [7, 11) is 0. The van der Waals surface area contributed by atoms with Gasteiger partial charge in [0, 0.05) is 23.7 Å². The van der Waals surface area contributed by atoms with Crippen molar-refractivity contribution in [2.75, 3.05) is 12.3 Å². The first-order chi connectivity index (χ1) is 12.8. The van der Waals surface area contributed by atoms with E-state index in [1.54, 1.807) is 0 Å². The highest BCUT2D eigenvalue weighted by Crippen LogP contribution is 2.35. The first-order valence-electron chi connectivity index (χ1n) is 8.72. The number of aliphatic hydroxyl groups is 1. The molecule has 8 heteroatoms. The normalized spacial score (nSPS) is 20.6. The molecule has 6 nitrogen and oxygen atoms in total. The van der Waals surface area contributed by atoms with Crippen LogP contribution in [0.5, 0.6) is 0 Å². The zero-order valence-electron chi connectivity index (χ0n) is 15.0. The van der Waals surface area contributed by atoms with Gasteiger partial charge in [0.25, 0.3) is 0 Å². The summed E-state index contributed by atoms with van der Waals surface area (Å²) in [5, 5.41) is 10.8. The van der Waals surface area contributed by atoms with E-state index in [4.69, 9.17) is 10.2 Å². The number of rotatable bonds is 3. The number of benzene rings is 1. The summed E-state index contributed by atoms with van der Waals surface area (Å²) in [5.41, 5.74) is 7.58. The highest BCUT2D eigenvalue weighted by molar-refractivity contribution is 5.88. The molecule has 0 amide bonds. The predicted octanol–water partition coefficient (Wildman–Crippen LogP) is 3.01. The molecule has 0 unspecified atom stereocenters. The van der Waals surface area contributed by atoms with Crippen LogP contribution >= 0.6 is 0 Å². The van der Waals surface area contributed by atoms with Crippen molar-refractivity contribution in [1.29, 1.82) is 0 Å². The summed E-state index contributed by atoms with van der Waals surface area (Å²) in [6, 6.07) is 2.87. The number of furan rings is 1. The molecule has 0 spiro atoms. The van der Waals surface area contributed by atoms with Gasteiger partial charge in [-0.2, -0.15) is 4.98 Å². The molecular weight excluding hydrogens is 354 g/mol. The van der Waals surface area contributed by atoms with E-state index in [2.05, 4.69) is 9.97 Å². The number of halogens is 2. The van der Waals surface area contributed by atoms with Crippen LogP contribution in [0.2, 0.25) is 0 Å². The summed E-state index contributed by atoms with van der Waals surface area (Å²) in [6.07, 6.45) is -0.344. The molecule has 1 aliphatic heterocycles. The third-order valence-corrected chi connectivity index (χ3v) is 5.15. The molecule has 1 saturated heterocycles. The minimum absolute atomic E-state index is 0.213. The van der Waals surface area contributed by atoms with Crippen LogP contribution in [0, 0.1) is 25.5 Å². The summed E-state index contributed by atoms with van der Waals surface area (Å²) >= 11 is 0. The molecule has 27 heavy (non-hydrogen) atoms. The Bertz CT molecular complexity index is 1020. The van der Waals surface area contributed by atoms with Crippen molar-refractivity contribution in [1.82, 2.24) is 14.9 Å². The number of fused-ring (bicyclic) bond motifs is 1. The van der Waals surface area contributed by atoms with E-state index in [0.717, 1.165) is 23.5 Å². The maximum atomic E-state index is 14.2. The Labute approximate surface area is 154 Å². The van der Waals surface area contributed by atoms with Crippen LogP contribution in [-0.4, -0.2) is 32.6 Å². The van der Waals surface area contributed by atoms with Gasteiger partial charge in [-0.1, -0.05) is 0 Å². The topological polar surface area (TPSA) is 88.4 Å². The Hall–Kier alpha value is -2.58. The van der Waals surface area contributed by atoms with E-state index in [-0.39, 0.29) is 12.1 Å². The predicted molar refractivity (Wildman–Crippen MR) is 95.8 cm³/mol. The van der Waals surface area contributed by atoms with Crippen LogP contribution in [0.1, 0.15) is 35.2 Å². The molecular formula is C19H20F2N4O2. The van der Waals surface area contributed by atoms with Crippen LogP contribution in [0.25, 0.3) is 11.1 Å². The summed E-state index contributed by atoms with van der Waals surface area (Å²) in [4.78, 5) is 10.6. The van der Waals surface area contributed by atoms with Gasteiger partial charge < -0.3 is 15.3 Å². The molecule has 3 heterocycles. The van der Waals surface area contributed by atoms with Crippen LogP contribution in [0.4, 0.5) is 14.6 Å². The molecule has 3 aromatic rings. The molecule has 1 aromatic carbocycles. The van der Waals surface area contributed by atoms with Gasteiger partial charge in [0.1, 0.15) is 29.0 Å². The number of aryl methyl sites for hydroxylation is 2. The van der Waals surface area contributed by atoms with E-state index in [0.29, 0.717) is 35.7 Å². The van der Waals surface area contributed by atoms with E-state index in [1.807, 2.05) is 18.7 Å². The minimum Gasteiger partial charge on any atom is -0.443 e. The molecule has 3 N–H and O–H groups in total. The number of aliphatic hydroxyl groups excluding tert-OH is 1. The Balaban J connectivity index is 1.68. The van der Waals surface area contributed by atoms with Gasteiger partial charge in [-0.25, -0.2) is 13.8 Å². The fourth-order valence-corrected chi connectivity index (χ4v) is 3.73.